The van der Waals surface area contributed by atoms with Crippen LogP contribution in [0.3, 0.4) is 0 Å². The van der Waals surface area contributed by atoms with E-state index in [1.807, 2.05) is 0 Å². The summed E-state index contributed by atoms with van der Waals surface area (Å²) >= 11 is 0. The zero-order valence-corrected chi connectivity index (χ0v) is 49.5. The Balaban J connectivity index is 4.39. The quantitative estimate of drug-likeness (QED) is 0.0261. The summed E-state index contributed by atoms with van der Waals surface area (Å²) in [5.41, 5.74) is 0. The molecule has 0 aromatic carbocycles. The molecule has 76 heavy (non-hydrogen) atoms. The molecule has 0 spiro atoms. The van der Waals surface area contributed by atoms with Crippen LogP contribution in [0.15, 0.2) is 122 Å². The average molecular weight is 1050 g/mol. The predicted octanol–water partition coefficient (Wildman–Crippen LogP) is 21.6. The minimum absolute atomic E-state index is 0.0919. The van der Waals surface area contributed by atoms with E-state index in [9.17, 15) is 14.4 Å². The molecule has 0 aromatic rings. The second-order valence-electron chi connectivity index (χ2n) is 20.6. The van der Waals surface area contributed by atoms with Crippen LogP contribution in [0, 0.1) is 0 Å². The summed E-state index contributed by atoms with van der Waals surface area (Å²) in [5, 5.41) is 0. The van der Waals surface area contributed by atoms with E-state index in [2.05, 4.69) is 142 Å². The molecule has 0 bridgehead atoms. The van der Waals surface area contributed by atoms with E-state index >= 15 is 0 Å². The number of hydrogen-bond acceptors (Lipinski definition) is 6. The number of allylic oxidation sites excluding steroid dienone is 20. The Bertz CT molecular complexity index is 1590. The lowest BCUT2D eigenvalue weighted by Crippen LogP contribution is -2.30. The molecule has 0 fully saturated rings. The van der Waals surface area contributed by atoms with Crippen LogP contribution in [0.4, 0.5) is 0 Å². The Morgan fingerprint density at radius 3 is 0.829 bits per heavy atom. The molecule has 0 radical (unpaired) electrons. The maximum atomic E-state index is 12.9. The van der Waals surface area contributed by atoms with Crippen LogP contribution >= 0.6 is 0 Å². The first-order valence-corrected chi connectivity index (χ1v) is 31.5. The van der Waals surface area contributed by atoms with Crippen molar-refractivity contribution in [3.8, 4) is 0 Å². The van der Waals surface area contributed by atoms with Gasteiger partial charge in [0.2, 0.25) is 0 Å². The van der Waals surface area contributed by atoms with Gasteiger partial charge in [0.15, 0.2) is 6.10 Å². The van der Waals surface area contributed by atoms with Crippen LogP contribution in [0.5, 0.6) is 0 Å². The van der Waals surface area contributed by atoms with E-state index < -0.39 is 6.10 Å². The summed E-state index contributed by atoms with van der Waals surface area (Å²) in [6, 6.07) is 0. The zero-order chi connectivity index (χ0) is 55.0. The van der Waals surface area contributed by atoms with Gasteiger partial charge in [-0.2, -0.15) is 0 Å². The second-order valence-corrected chi connectivity index (χ2v) is 20.6. The molecule has 0 saturated heterocycles. The molecule has 0 aliphatic rings. The third kappa shape index (κ3) is 60.7. The zero-order valence-electron chi connectivity index (χ0n) is 49.5. The van der Waals surface area contributed by atoms with Gasteiger partial charge in [-0.15, -0.1) is 0 Å². The molecule has 0 N–H and O–H groups in total. The SMILES string of the molecule is CC/C=C\C/C=C\C/C=C\C/C=C\C/C=C\C/C=C\C/C=C\C/C=C\CCCCCCC(=O)OCC(COC(=O)CCCCCCCCCCCCCCCC)OC(=O)CCCCCCC/C=C\C/C=C\CCCCC. The normalized spacial score (nSPS) is 12.9. The number of esters is 3. The summed E-state index contributed by atoms with van der Waals surface area (Å²) < 4.78 is 16.9. The third-order valence-electron chi connectivity index (χ3n) is 13.2. The maximum Gasteiger partial charge on any atom is 0.306 e. The summed E-state index contributed by atoms with van der Waals surface area (Å²) in [6.07, 6.45) is 87.7. The van der Waals surface area contributed by atoms with Gasteiger partial charge in [0, 0.05) is 19.3 Å². The molecule has 0 heterocycles. The van der Waals surface area contributed by atoms with E-state index in [-0.39, 0.29) is 31.1 Å². The van der Waals surface area contributed by atoms with Crippen molar-refractivity contribution in [1.82, 2.24) is 0 Å². The van der Waals surface area contributed by atoms with E-state index in [1.165, 1.54) is 96.3 Å². The lowest BCUT2D eigenvalue weighted by atomic mass is 10.0. The minimum Gasteiger partial charge on any atom is -0.462 e. The molecule has 0 aromatic heterocycles. The highest BCUT2D eigenvalue weighted by Gasteiger charge is 2.19. The molecule has 1 atom stereocenters. The van der Waals surface area contributed by atoms with Gasteiger partial charge in [-0.3, -0.25) is 14.4 Å². The third-order valence-corrected chi connectivity index (χ3v) is 13.2. The second kappa shape index (κ2) is 63.3. The van der Waals surface area contributed by atoms with Crippen molar-refractivity contribution in [2.24, 2.45) is 0 Å². The van der Waals surface area contributed by atoms with Gasteiger partial charge in [-0.1, -0.05) is 271 Å². The Morgan fingerprint density at radius 1 is 0.276 bits per heavy atom. The van der Waals surface area contributed by atoms with Crippen molar-refractivity contribution in [2.45, 2.75) is 290 Å². The summed E-state index contributed by atoms with van der Waals surface area (Å²) in [5.74, 6) is -0.928. The van der Waals surface area contributed by atoms with Crippen LogP contribution in [0.2, 0.25) is 0 Å². The smallest absolute Gasteiger partial charge is 0.306 e. The van der Waals surface area contributed by atoms with Gasteiger partial charge in [-0.05, 0) is 116 Å². The van der Waals surface area contributed by atoms with Crippen LogP contribution < -0.4 is 0 Å². The first-order chi connectivity index (χ1) is 37.5. The molecule has 0 rings (SSSR count). The number of carbonyl (C=O) groups is 3. The van der Waals surface area contributed by atoms with E-state index in [0.717, 1.165) is 148 Å². The number of unbranched alkanes of at least 4 members (excludes halogenated alkanes) is 25. The standard InChI is InChI=1S/C70H116O6/c1-4-7-10-13-16-19-22-25-28-29-30-31-32-33-34-35-36-37-38-39-40-41-43-45-48-51-54-57-60-63-69(72)75-66-67(65-74-68(71)62-59-56-53-50-47-44-27-24-21-18-15-12-9-6-3)76-70(73)64-61-58-55-52-49-46-42-26-23-20-17-14-11-8-5-2/h7,10,16-17,19-20,25-26,28,30-31,33-34,36-37,39-40,42-43,45,67H,4-6,8-9,11-15,18,21-24,27,29,32,35,38,41,44,46-66H2,1-3H3/b10-7-,19-16-,20-17-,28-25-,31-30-,34-33-,37-36-,40-39-,42-26-,45-43-. The summed E-state index contributed by atoms with van der Waals surface area (Å²) in [7, 11) is 0. The van der Waals surface area contributed by atoms with Gasteiger partial charge in [0.25, 0.3) is 0 Å². The van der Waals surface area contributed by atoms with Crippen molar-refractivity contribution < 1.29 is 28.6 Å². The Morgan fingerprint density at radius 2 is 0.513 bits per heavy atom. The Labute approximate surface area is 469 Å². The monoisotopic (exact) mass is 1050 g/mol. The molecule has 0 amide bonds. The largest absolute Gasteiger partial charge is 0.462 e. The molecular weight excluding hydrogens is 937 g/mol. The Kier molecular flexibility index (Phi) is 59.9. The van der Waals surface area contributed by atoms with Crippen molar-refractivity contribution >= 4 is 17.9 Å². The van der Waals surface area contributed by atoms with E-state index in [0.29, 0.717) is 19.3 Å². The molecule has 6 heteroatoms. The minimum atomic E-state index is -0.798. The van der Waals surface area contributed by atoms with Gasteiger partial charge in [-0.25, -0.2) is 0 Å². The molecule has 1 unspecified atom stereocenters. The Hall–Kier alpha value is -4.19. The fourth-order valence-electron chi connectivity index (χ4n) is 8.49. The van der Waals surface area contributed by atoms with E-state index in [1.54, 1.807) is 0 Å². The van der Waals surface area contributed by atoms with Crippen LogP contribution in [0.1, 0.15) is 284 Å². The molecule has 432 valence electrons. The van der Waals surface area contributed by atoms with Crippen molar-refractivity contribution in [3.63, 3.8) is 0 Å². The fraction of sp³-hybridized carbons (Fsp3) is 0.671. The molecule has 0 aliphatic heterocycles. The maximum absolute atomic E-state index is 12.9. The lowest BCUT2D eigenvalue weighted by molar-refractivity contribution is -0.167. The number of carbonyl (C=O) groups excluding carboxylic acids is 3. The molecule has 0 saturated carbocycles. The van der Waals surface area contributed by atoms with Crippen molar-refractivity contribution in [3.05, 3.63) is 122 Å². The first-order valence-electron chi connectivity index (χ1n) is 31.5. The van der Waals surface area contributed by atoms with Gasteiger partial charge >= 0.3 is 17.9 Å². The van der Waals surface area contributed by atoms with Crippen LogP contribution in [-0.4, -0.2) is 37.2 Å². The lowest BCUT2D eigenvalue weighted by Gasteiger charge is -2.18. The van der Waals surface area contributed by atoms with Gasteiger partial charge in [0.1, 0.15) is 13.2 Å². The van der Waals surface area contributed by atoms with Crippen LogP contribution in [-0.2, 0) is 28.6 Å². The molecular formula is C70H116O6. The number of ether oxygens (including phenoxy) is 3. The highest BCUT2D eigenvalue weighted by molar-refractivity contribution is 5.71. The molecule has 0 aliphatic carbocycles. The van der Waals surface area contributed by atoms with E-state index in [4.69, 9.17) is 14.2 Å². The highest BCUT2D eigenvalue weighted by atomic mass is 16.6. The fourth-order valence-corrected chi connectivity index (χ4v) is 8.49. The number of rotatable bonds is 56. The molecule has 6 nitrogen and oxygen atoms in total. The summed E-state index contributed by atoms with van der Waals surface area (Å²) in [6.45, 7) is 6.48. The van der Waals surface area contributed by atoms with Crippen molar-refractivity contribution in [1.29, 1.82) is 0 Å². The number of hydrogen-bond donors (Lipinski definition) is 0. The average Bonchev–Trinajstić information content (AvgIpc) is 3.42. The summed E-state index contributed by atoms with van der Waals surface area (Å²) in [4.78, 5) is 38.2. The van der Waals surface area contributed by atoms with Crippen molar-refractivity contribution in [2.75, 3.05) is 13.2 Å². The highest BCUT2D eigenvalue weighted by Crippen LogP contribution is 2.15. The predicted molar refractivity (Wildman–Crippen MR) is 330 cm³/mol. The van der Waals surface area contributed by atoms with Crippen LogP contribution in [0.25, 0.3) is 0 Å². The first kappa shape index (κ1) is 71.8. The van der Waals surface area contributed by atoms with Gasteiger partial charge in [0.05, 0.1) is 0 Å². The topological polar surface area (TPSA) is 78.9 Å². The van der Waals surface area contributed by atoms with Gasteiger partial charge < -0.3 is 14.2 Å².